The van der Waals surface area contributed by atoms with Crippen LogP contribution < -0.4 is 5.32 Å². The van der Waals surface area contributed by atoms with Crippen molar-refractivity contribution in [2.24, 2.45) is 5.92 Å². The monoisotopic (exact) mass is 274 g/mol. The Hall–Kier alpha value is -1.35. The predicted molar refractivity (Wildman–Crippen MR) is 82.5 cm³/mol. The molecule has 1 aromatic carbocycles. The molecule has 0 fully saturated rings. The fraction of sp³-hybridized carbons (Fsp3) is 0.588. The van der Waals surface area contributed by atoms with E-state index in [4.69, 9.17) is 0 Å². The maximum Gasteiger partial charge on any atom is 0.222 e. The van der Waals surface area contributed by atoms with Crippen LogP contribution in [0.5, 0.6) is 0 Å². The van der Waals surface area contributed by atoms with E-state index in [1.165, 1.54) is 11.1 Å². The molecular formula is C17H26N2O. The molecule has 0 radical (unpaired) electrons. The number of hydrogen-bond acceptors (Lipinski definition) is 2. The van der Waals surface area contributed by atoms with Crippen LogP contribution in [0.15, 0.2) is 24.3 Å². The number of hydrogen-bond donors (Lipinski definition) is 1. The summed E-state index contributed by atoms with van der Waals surface area (Å²) in [4.78, 5) is 14.3. The first-order valence-corrected chi connectivity index (χ1v) is 7.70. The summed E-state index contributed by atoms with van der Waals surface area (Å²) in [6.07, 6.45) is 2.01. The Morgan fingerprint density at radius 3 is 2.70 bits per heavy atom. The van der Waals surface area contributed by atoms with Crippen LogP contribution in [-0.4, -0.2) is 29.9 Å². The van der Waals surface area contributed by atoms with E-state index in [9.17, 15) is 4.79 Å². The van der Waals surface area contributed by atoms with Crippen molar-refractivity contribution < 1.29 is 4.79 Å². The molecule has 0 saturated heterocycles. The van der Waals surface area contributed by atoms with Crippen molar-refractivity contribution in [3.8, 4) is 0 Å². The van der Waals surface area contributed by atoms with Gasteiger partial charge in [-0.05, 0) is 30.9 Å². The Bertz CT molecular complexity index is 458. The Morgan fingerprint density at radius 1 is 1.30 bits per heavy atom. The molecule has 0 spiro atoms. The number of fused-ring (bicyclic) bond motifs is 1. The molecule has 110 valence electrons. The maximum absolute atomic E-state index is 11.8. The number of rotatable bonds is 5. The van der Waals surface area contributed by atoms with Gasteiger partial charge in [-0.1, -0.05) is 38.1 Å². The summed E-state index contributed by atoms with van der Waals surface area (Å²) in [5.41, 5.74) is 2.90. The van der Waals surface area contributed by atoms with Crippen LogP contribution in [0.3, 0.4) is 0 Å². The molecular weight excluding hydrogens is 248 g/mol. The third-order valence-corrected chi connectivity index (χ3v) is 4.42. The second kappa shape index (κ2) is 6.89. The van der Waals surface area contributed by atoms with Gasteiger partial charge in [0.2, 0.25) is 5.91 Å². The lowest BCUT2D eigenvalue weighted by atomic mass is 9.99. The summed E-state index contributed by atoms with van der Waals surface area (Å²) in [5, 5.41) is 3.07. The highest BCUT2D eigenvalue weighted by Gasteiger charge is 2.21. The standard InChI is InChI=1S/C17H26N2O/c1-4-13(2)17(20)18-11-14(3)19-10-9-15-7-5-6-8-16(15)12-19/h5-8,13-14H,4,9-12H2,1-3H3,(H,18,20). The molecule has 3 nitrogen and oxygen atoms in total. The van der Waals surface area contributed by atoms with E-state index in [0.29, 0.717) is 6.04 Å². The highest BCUT2D eigenvalue weighted by molar-refractivity contribution is 5.78. The van der Waals surface area contributed by atoms with Crippen molar-refractivity contribution in [3.63, 3.8) is 0 Å². The summed E-state index contributed by atoms with van der Waals surface area (Å²) in [6.45, 7) is 9.05. The summed E-state index contributed by atoms with van der Waals surface area (Å²) in [5.74, 6) is 0.293. The van der Waals surface area contributed by atoms with E-state index in [-0.39, 0.29) is 11.8 Å². The summed E-state index contributed by atoms with van der Waals surface area (Å²) in [7, 11) is 0. The molecule has 2 atom stereocenters. The number of carbonyl (C=O) groups is 1. The minimum atomic E-state index is 0.115. The fourth-order valence-electron chi connectivity index (χ4n) is 2.63. The van der Waals surface area contributed by atoms with Crippen molar-refractivity contribution in [2.45, 2.75) is 46.2 Å². The molecule has 2 unspecified atom stereocenters. The number of nitrogens with one attached hydrogen (secondary N) is 1. The van der Waals surface area contributed by atoms with Crippen LogP contribution in [0.4, 0.5) is 0 Å². The topological polar surface area (TPSA) is 32.3 Å². The van der Waals surface area contributed by atoms with Gasteiger partial charge in [0, 0.05) is 31.6 Å². The Balaban J connectivity index is 1.85. The molecule has 20 heavy (non-hydrogen) atoms. The van der Waals surface area contributed by atoms with Crippen molar-refractivity contribution in [3.05, 3.63) is 35.4 Å². The molecule has 2 rings (SSSR count). The van der Waals surface area contributed by atoms with Gasteiger partial charge in [0.15, 0.2) is 0 Å². The Kier molecular flexibility index (Phi) is 5.18. The molecule has 3 heteroatoms. The second-order valence-electron chi connectivity index (χ2n) is 5.89. The van der Waals surface area contributed by atoms with E-state index in [1.807, 2.05) is 6.92 Å². The minimum absolute atomic E-state index is 0.115. The first-order chi connectivity index (χ1) is 9.61. The zero-order valence-corrected chi connectivity index (χ0v) is 12.9. The molecule has 0 aliphatic carbocycles. The van der Waals surface area contributed by atoms with Gasteiger partial charge < -0.3 is 5.32 Å². The van der Waals surface area contributed by atoms with Crippen molar-refractivity contribution in [1.29, 1.82) is 0 Å². The Morgan fingerprint density at radius 2 is 2.00 bits per heavy atom. The molecule has 0 saturated carbocycles. The molecule has 1 N–H and O–H groups in total. The van der Waals surface area contributed by atoms with Crippen LogP contribution in [0, 0.1) is 5.92 Å². The number of carbonyl (C=O) groups excluding carboxylic acids is 1. The van der Waals surface area contributed by atoms with Crippen LogP contribution >= 0.6 is 0 Å². The summed E-state index contributed by atoms with van der Waals surface area (Å²) in [6, 6.07) is 9.05. The highest BCUT2D eigenvalue weighted by Crippen LogP contribution is 2.19. The van der Waals surface area contributed by atoms with Gasteiger partial charge >= 0.3 is 0 Å². The average molecular weight is 274 g/mol. The molecule has 0 aromatic heterocycles. The molecule has 1 heterocycles. The van der Waals surface area contributed by atoms with Crippen molar-refractivity contribution in [1.82, 2.24) is 10.2 Å². The number of nitrogens with zero attached hydrogens (tertiary/aromatic N) is 1. The zero-order valence-electron chi connectivity index (χ0n) is 12.9. The van der Waals surface area contributed by atoms with Crippen LogP contribution in [0.2, 0.25) is 0 Å². The molecule has 1 aliphatic heterocycles. The van der Waals surface area contributed by atoms with E-state index >= 15 is 0 Å². The second-order valence-corrected chi connectivity index (χ2v) is 5.89. The SMILES string of the molecule is CCC(C)C(=O)NCC(C)N1CCc2ccccc2C1. The van der Waals surface area contributed by atoms with Gasteiger partial charge in [-0.15, -0.1) is 0 Å². The van der Waals surface area contributed by atoms with E-state index in [1.54, 1.807) is 0 Å². The number of benzene rings is 1. The quantitative estimate of drug-likeness (QED) is 0.895. The van der Waals surface area contributed by atoms with Crippen molar-refractivity contribution in [2.75, 3.05) is 13.1 Å². The lowest BCUT2D eigenvalue weighted by Crippen LogP contribution is -2.45. The molecule has 1 aliphatic rings. The largest absolute Gasteiger partial charge is 0.354 e. The predicted octanol–water partition coefficient (Wildman–Crippen LogP) is 2.60. The molecule has 1 aromatic rings. The van der Waals surface area contributed by atoms with E-state index < -0.39 is 0 Å². The first-order valence-electron chi connectivity index (χ1n) is 7.70. The van der Waals surface area contributed by atoms with Crippen LogP contribution in [-0.2, 0) is 17.8 Å². The fourth-order valence-corrected chi connectivity index (χ4v) is 2.63. The van der Waals surface area contributed by atoms with Gasteiger partial charge in [0.05, 0.1) is 0 Å². The zero-order chi connectivity index (χ0) is 14.5. The summed E-state index contributed by atoms with van der Waals surface area (Å²) < 4.78 is 0. The minimum Gasteiger partial charge on any atom is -0.354 e. The van der Waals surface area contributed by atoms with Crippen LogP contribution in [0.25, 0.3) is 0 Å². The van der Waals surface area contributed by atoms with E-state index in [2.05, 4.69) is 48.3 Å². The van der Waals surface area contributed by atoms with Gasteiger partial charge in [-0.3, -0.25) is 9.69 Å². The average Bonchev–Trinajstić information content (AvgIpc) is 2.50. The summed E-state index contributed by atoms with van der Waals surface area (Å²) >= 11 is 0. The third-order valence-electron chi connectivity index (χ3n) is 4.42. The molecule has 0 bridgehead atoms. The van der Waals surface area contributed by atoms with Gasteiger partial charge in [-0.2, -0.15) is 0 Å². The van der Waals surface area contributed by atoms with Gasteiger partial charge in [0.1, 0.15) is 0 Å². The lowest BCUT2D eigenvalue weighted by Gasteiger charge is -2.34. The highest BCUT2D eigenvalue weighted by atomic mass is 16.1. The van der Waals surface area contributed by atoms with Crippen molar-refractivity contribution >= 4 is 5.91 Å². The van der Waals surface area contributed by atoms with Gasteiger partial charge in [0.25, 0.3) is 0 Å². The first kappa shape index (κ1) is 15.0. The smallest absolute Gasteiger partial charge is 0.222 e. The van der Waals surface area contributed by atoms with Gasteiger partial charge in [-0.25, -0.2) is 0 Å². The maximum atomic E-state index is 11.8. The third kappa shape index (κ3) is 3.60. The number of amides is 1. The molecule has 1 amide bonds. The normalized spacial score (nSPS) is 18.1. The van der Waals surface area contributed by atoms with E-state index in [0.717, 1.165) is 32.5 Å². The van der Waals surface area contributed by atoms with Crippen LogP contribution in [0.1, 0.15) is 38.3 Å². The lowest BCUT2D eigenvalue weighted by molar-refractivity contribution is -0.124. The Labute approximate surface area is 122 Å².